The van der Waals surface area contributed by atoms with Gasteiger partial charge < -0.3 is 0 Å². The summed E-state index contributed by atoms with van der Waals surface area (Å²) in [6.07, 6.45) is 3.46. The minimum atomic E-state index is -1.97. The molecule has 0 amide bonds. The molecule has 0 aliphatic heterocycles. The van der Waals surface area contributed by atoms with Gasteiger partial charge in [0, 0.05) is 6.42 Å². The molecule has 0 aromatic carbocycles. The third-order valence-electron chi connectivity index (χ3n) is 1.63. The van der Waals surface area contributed by atoms with E-state index in [-0.39, 0.29) is 17.7 Å². The molecular formula is C8H8ClFO. The van der Waals surface area contributed by atoms with Crippen LogP contribution in [0.15, 0.2) is 22.8 Å². The van der Waals surface area contributed by atoms with Crippen LogP contribution in [0, 0.1) is 0 Å². The van der Waals surface area contributed by atoms with Crippen LogP contribution >= 0.6 is 11.6 Å². The Morgan fingerprint density at radius 2 is 2.36 bits per heavy atom. The van der Waals surface area contributed by atoms with Gasteiger partial charge in [-0.2, -0.15) is 0 Å². The van der Waals surface area contributed by atoms with Crippen LogP contribution in [-0.4, -0.2) is 12.0 Å². The molecule has 1 rings (SSSR count). The van der Waals surface area contributed by atoms with Gasteiger partial charge in [0.15, 0.2) is 6.29 Å². The molecule has 1 aliphatic carbocycles. The van der Waals surface area contributed by atoms with Gasteiger partial charge in [0.25, 0.3) is 0 Å². The Morgan fingerprint density at radius 3 is 2.82 bits per heavy atom. The largest absolute Gasteiger partial charge is 0.299 e. The van der Waals surface area contributed by atoms with Gasteiger partial charge in [-0.1, -0.05) is 23.3 Å². The smallest absolute Gasteiger partial charge is 0.204 e. The van der Waals surface area contributed by atoms with Gasteiger partial charge in [-0.25, -0.2) is 4.39 Å². The quantitative estimate of drug-likeness (QED) is 0.558. The van der Waals surface area contributed by atoms with Gasteiger partial charge in [0.2, 0.25) is 5.67 Å². The maximum atomic E-state index is 13.3. The van der Waals surface area contributed by atoms with Gasteiger partial charge in [0.05, 0.1) is 5.03 Å². The summed E-state index contributed by atoms with van der Waals surface area (Å²) in [6.45, 7) is 1.76. The maximum Gasteiger partial charge on any atom is 0.204 e. The lowest BCUT2D eigenvalue weighted by atomic mass is 9.93. The normalized spacial score (nSPS) is 30.8. The summed E-state index contributed by atoms with van der Waals surface area (Å²) < 4.78 is 13.3. The second kappa shape index (κ2) is 2.78. The van der Waals surface area contributed by atoms with Crippen LogP contribution in [0.1, 0.15) is 13.3 Å². The molecule has 0 bridgehead atoms. The Morgan fingerprint density at radius 1 is 1.73 bits per heavy atom. The molecule has 1 unspecified atom stereocenters. The van der Waals surface area contributed by atoms with Gasteiger partial charge in [0.1, 0.15) is 0 Å². The highest BCUT2D eigenvalue weighted by Gasteiger charge is 2.34. The molecule has 0 spiro atoms. The minimum absolute atomic E-state index is 0.0295. The zero-order chi connectivity index (χ0) is 8.48. The average molecular weight is 175 g/mol. The number of hydrogen-bond acceptors (Lipinski definition) is 1. The molecule has 0 heterocycles. The third kappa shape index (κ3) is 1.51. The van der Waals surface area contributed by atoms with E-state index in [1.54, 1.807) is 13.0 Å². The summed E-state index contributed by atoms with van der Waals surface area (Å²) in [5, 5.41) is -0.0295. The summed E-state index contributed by atoms with van der Waals surface area (Å²) in [7, 11) is 0. The highest BCUT2D eigenvalue weighted by atomic mass is 35.5. The summed E-state index contributed by atoms with van der Waals surface area (Å²) >= 11 is 5.50. The van der Waals surface area contributed by atoms with E-state index in [1.807, 2.05) is 0 Å². The Kier molecular flexibility index (Phi) is 2.14. The highest BCUT2D eigenvalue weighted by molar-refractivity contribution is 6.32. The molecule has 0 aromatic rings. The van der Waals surface area contributed by atoms with Crippen LogP contribution in [-0.2, 0) is 4.79 Å². The standard InChI is InChI=1S/C8H8ClFO/c1-6-2-3-7(9)8(10,4-6)5-11/h2-3,5H,4H2,1H3. The van der Waals surface area contributed by atoms with Crippen molar-refractivity contribution in [3.8, 4) is 0 Å². The molecule has 60 valence electrons. The van der Waals surface area contributed by atoms with Crippen molar-refractivity contribution >= 4 is 17.9 Å². The van der Waals surface area contributed by atoms with Crippen LogP contribution in [0.2, 0.25) is 0 Å². The highest BCUT2D eigenvalue weighted by Crippen LogP contribution is 2.33. The van der Waals surface area contributed by atoms with E-state index in [4.69, 9.17) is 11.6 Å². The minimum Gasteiger partial charge on any atom is -0.299 e. The fraction of sp³-hybridized carbons (Fsp3) is 0.375. The number of allylic oxidation sites excluding steroid dienone is 4. The van der Waals surface area contributed by atoms with Crippen LogP contribution in [0.25, 0.3) is 0 Å². The first-order chi connectivity index (χ1) is 5.08. The van der Waals surface area contributed by atoms with Crippen molar-refractivity contribution in [3.63, 3.8) is 0 Å². The fourth-order valence-electron chi connectivity index (χ4n) is 1.00. The Balaban J connectivity index is 2.98. The van der Waals surface area contributed by atoms with Crippen molar-refractivity contribution in [2.24, 2.45) is 0 Å². The zero-order valence-corrected chi connectivity index (χ0v) is 6.86. The summed E-state index contributed by atoms with van der Waals surface area (Å²) in [6, 6.07) is 0. The molecule has 0 fully saturated rings. The Labute approximate surface area is 69.5 Å². The second-order valence-corrected chi connectivity index (χ2v) is 3.09. The van der Waals surface area contributed by atoms with Crippen LogP contribution in [0.4, 0.5) is 4.39 Å². The Bertz CT molecular complexity index is 244. The molecule has 11 heavy (non-hydrogen) atoms. The topological polar surface area (TPSA) is 17.1 Å². The number of aldehydes is 1. The van der Waals surface area contributed by atoms with Crippen molar-refractivity contribution in [2.75, 3.05) is 0 Å². The van der Waals surface area contributed by atoms with E-state index in [1.165, 1.54) is 6.08 Å². The molecule has 0 saturated heterocycles. The van der Waals surface area contributed by atoms with E-state index >= 15 is 0 Å². The number of halogens is 2. The van der Waals surface area contributed by atoms with Crippen LogP contribution in [0.3, 0.4) is 0 Å². The van der Waals surface area contributed by atoms with Crippen molar-refractivity contribution in [3.05, 3.63) is 22.8 Å². The first-order valence-corrected chi connectivity index (χ1v) is 3.65. The lowest BCUT2D eigenvalue weighted by molar-refractivity contribution is -0.115. The Hall–Kier alpha value is -0.630. The number of carbonyl (C=O) groups excluding carboxylic acids is 1. The first-order valence-electron chi connectivity index (χ1n) is 3.27. The van der Waals surface area contributed by atoms with Crippen LogP contribution < -0.4 is 0 Å². The predicted molar refractivity (Wildman–Crippen MR) is 42.2 cm³/mol. The number of alkyl halides is 1. The van der Waals surface area contributed by atoms with E-state index < -0.39 is 5.67 Å². The van der Waals surface area contributed by atoms with Gasteiger partial charge in [-0.3, -0.25) is 4.79 Å². The number of rotatable bonds is 1. The molecule has 1 aliphatic rings. The predicted octanol–water partition coefficient (Wildman–Crippen LogP) is 2.37. The molecule has 1 nitrogen and oxygen atoms in total. The summed E-state index contributed by atoms with van der Waals surface area (Å²) in [5.41, 5.74) is -1.15. The van der Waals surface area contributed by atoms with Crippen molar-refractivity contribution in [1.82, 2.24) is 0 Å². The number of hydrogen-bond donors (Lipinski definition) is 0. The monoisotopic (exact) mass is 174 g/mol. The lowest BCUT2D eigenvalue weighted by Gasteiger charge is -2.21. The molecule has 3 heteroatoms. The summed E-state index contributed by atoms with van der Waals surface area (Å²) in [5.74, 6) is 0. The van der Waals surface area contributed by atoms with E-state index in [0.717, 1.165) is 5.57 Å². The zero-order valence-electron chi connectivity index (χ0n) is 6.10. The summed E-state index contributed by atoms with van der Waals surface area (Å²) in [4.78, 5) is 10.3. The molecule has 0 N–H and O–H groups in total. The van der Waals surface area contributed by atoms with E-state index in [9.17, 15) is 9.18 Å². The molecule has 0 saturated carbocycles. The van der Waals surface area contributed by atoms with E-state index in [2.05, 4.69) is 0 Å². The first kappa shape index (κ1) is 8.47. The maximum absolute atomic E-state index is 13.3. The van der Waals surface area contributed by atoms with Crippen molar-refractivity contribution in [1.29, 1.82) is 0 Å². The fourth-order valence-corrected chi connectivity index (χ4v) is 1.18. The molecule has 0 radical (unpaired) electrons. The third-order valence-corrected chi connectivity index (χ3v) is 2.07. The van der Waals surface area contributed by atoms with Gasteiger partial charge in [-0.05, 0) is 13.0 Å². The molecule has 0 aromatic heterocycles. The van der Waals surface area contributed by atoms with Crippen molar-refractivity contribution < 1.29 is 9.18 Å². The van der Waals surface area contributed by atoms with Gasteiger partial charge >= 0.3 is 0 Å². The van der Waals surface area contributed by atoms with Crippen LogP contribution in [0.5, 0.6) is 0 Å². The van der Waals surface area contributed by atoms with E-state index in [0.29, 0.717) is 0 Å². The van der Waals surface area contributed by atoms with Gasteiger partial charge in [-0.15, -0.1) is 0 Å². The number of carbonyl (C=O) groups is 1. The lowest BCUT2D eigenvalue weighted by Crippen LogP contribution is -2.27. The molecule has 1 atom stereocenters. The average Bonchev–Trinajstić information content (AvgIpc) is 1.98. The van der Waals surface area contributed by atoms with Crippen molar-refractivity contribution in [2.45, 2.75) is 19.0 Å². The molecular weight excluding hydrogens is 167 g/mol. The second-order valence-electron chi connectivity index (χ2n) is 2.68. The SMILES string of the molecule is CC1=CC=C(Cl)C(F)(C=O)C1.